The Kier molecular flexibility index (Phi) is 90.1. The number of rotatable bonds is 55. The van der Waals surface area contributed by atoms with Gasteiger partial charge in [-0.3, -0.25) is 0 Å². The fourth-order valence-electron chi connectivity index (χ4n) is 13.9. The fourth-order valence-corrected chi connectivity index (χ4v) is 13.9. The highest BCUT2D eigenvalue weighted by Crippen LogP contribution is 2.37. The van der Waals surface area contributed by atoms with Crippen LogP contribution in [0.25, 0.3) is 0 Å². The Hall–Kier alpha value is -4.44. The van der Waals surface area contributed by atoms with E-state index in [1.54, 1.807) is 0 Å². The number of nitrogens with one attached hydrogen (secondary N) is 5. The van der Waals surface area contributed by atoms with Gasteiger partial charge in [0.1, 0.15) is 0 Å². The summed E-state index contributed by atoms with van der Waals surface area (Å²) in [5.74, 6) is 2.18. The van der Waals surface area contributed by atoms with Crippen LogP contribution in [0.1, 0.15) is 271 Å². The molecule has 1 saturated carbocycles. The maximum atomic E-state index is 8.35. The minimum atomic E-state index is -0.0963. The van der Waals surface area contributed by atoms with Gasteiger partial charge < -0.3 is 138 Å². The van der Waals surface area contributed by atoms with Crippen molar-refractivity contribution in [1.29, 1.82) is 0 Å². The standard InChI is InChI=1S/C24H28N2.C14H32N2.C12H28N2.C10H24N4.C9H22N2.C8H21N3.C8H12N2.C6H16N2O2.C6H14N2.C3H10N2/c1-23(2,17-8-12-21(25)13-9-17)19-6-5-7-20(16-19)24(3,4)18-10-14-22(26)15-11-18;1-13(2)11-15-9-7-5-6-8-10-16-12-14(3)4;13-11-9-7-5-3-1-2-4-6-8-10-12-14;11-3-1-5-13-7-9-14(10-8-13)6-2-4-12;1-8(7-11)6-9(2,3)4-5-10;1-3-11(4-2)8-7-10-6-5-9;9-5-7-2-1-3-8(4-7)6-10;9-5-3-7-1-2-8-4-6-10;7-5-1-2-6(8)4-3-5;4-2-1-3-5/h5-16H,25-26H2,1-4H3;13-16H,5-12H2,1-4H3;1-14H2;1-12H2;8H,4-7,10-11H2,1-3H3;10H,3-9H2,1-2H3;1-4H,5-6,9-10H2;7-10H,1-6H2;5-6H,1-4,7-8H2;1-5H2. The van der Waals surface area contributed by atoms with Crippen molar-refractivity contribution in [2.24, 2.45) is 97.7 Å². The highest BCUT2D eigenvalue weighted by atomic mass is 16.3. The summed E-state index contributed by atoms with van der Waals surface area (Å²) in [6, 6.07) is 34.1. The molecule has 6 rings (SSSR count). The summed E-state index contributed by atoms with van der Waals surface area (Å²) in [5, 5.41) is 32.9. The van der Waals surface area contributed by atoms with E-state index in [0.717, 1.165) is 204 Å². The second-order valence-electron chi connectivity index (χ2n) is 36.4. The van der Waals surface area contributed by atoms with Gasteiger partial charge in [-0.2, -0.15) is 0 Å². The van der Waals surface area contributed by atoms with Crippen LogP contribution >= 0.6 is 0 Å². The Morgan fingerprint density at radius 3 is 1.05 bits per heavy atom. The average Bonchev–Trinajstić information content (AvgIpc) is 0.778. The van der Waals surface area contributed by atoms with Crippen LogP contribution in [-0.4, -0.2) is 233 Å². The van der Waals surface area contributed by atoms with Crippen LogP contribution in [0.5, 0.6) is 0 Å². The molecular formula is C100H207N23O2. The van der Waals surface area contributed by atoms with Gasteiger partial charge in [0.2, 0.25) is 0 Å². The second-order valence-corrected chi connectivity index (χ2v) is 36.4. The Morgan fingerprint density at radius 2 is 0.736 bits per heavy atom. The lowest BCUT2D eigenvalue weighted by Gasteiger charge is -2.34. The summed E-state index contributed by atoms with van der Waals surface area (Å²) in [6.07, 6.45) is 28.8. The first-order valence-electron chi connectivity index (χ1n) is 49.0. The lowest BCUT2D eigenvalue weighted by atomic mass is 9.73. The molecule has 2 aliphatic rings. The number of aliphatic hydroxyl groups is 2. The van der Waals surface area contributed by atoms with Crippen molar-refractivity contribution in [3.63, 3.8) is 0 Å². The molecule has 0 spiro atoms. The summed E-state index contributed by atoms with van der Waals surface area (Å²) in [4.78, 5) is 7.40. The number of nitrogens with two attached hydrogens (primary N) is 15. The molecule has 1 unspecified atom stereocenters. The van der Waals surface area contributed by atoms with Crippen molar-refractivity contribution in [3.05, 3.63) is 130 Å². The van der Waals surface area contributed by atoms with Crippen molar-refractivity contribution < 1.29 is 10.2 Å². The predicted octanol–water partition coefficient (Wildman–Crippen LogP) is 10.1. The zero-order chi connectivity index (χ0) is 94.5. The normalized spacial score (nSPS) is 14.2. The van der Waals surface area contributed by atoms with Gasteiger partial charge in [0.05, 0.1) is 13.2 Å². The number of unbranched alkanes of at least 4 members (excludes halogenated alkanes) is 12. The molecule has 1 heterocycles. The SMILES string of the molecule is CC(C)(c1ccc(N)cc1)c1cccc(C(C)(C)c2ccc(N)cc2)c1.CC(C)CNCCCCCCNCC(C)C.CC(CN)CC(C)(C)CCN.CCN(CC)CCNCCN.NC1CCC(N)CC1.NCCCCCCCCCCCCN.NCCCN.NCCCN1CCN(CCCN)CC1.NCc1cccc(CN)c1.OCCNCCNCCO. The molecule has 0 bridgehead atoms. The van der Waals surface area contributed by atoms with Crippen LogP contribution in [0.15, 0.2) is 97.1 Å². The van der Waals surface area contributed by atoms with E-state index >= 15 is 0 Å². The second kappa shape index (κ2) is 88.8. The van der Waals surface area contributed by atoms with Crippen molar-refractivity contribution in [2.75, 3.05) is 208 Å². The number of likely N-dealkylation sites (N-methyl/N-ethyl adjacent to an activating group) is 1. The van der Waals surface area contributed by atoms with Gasteiger partial charge in [0.25, 0.3) is 0 Å². The molecule has 25 heteroatoms. The van der Waals surface area contributed by atoms with Crippen LogP contribution in [0.4, 0.5) is 11.4 Å². The summed E-state index contributed by atoms with van der Waals surface area (Å²) in [7, 11) is 0. The number of benzene rings is 4. The number of anilines is 2. The first kappa shape index (κ1) is 127. The van der Waals surface area contributed by atoms with Gasteiger partial charge in [-0.25, -0.2) is 0 Å². The number of nitrogens with zero attached hydrogens (tertiary/aromatic N) is 3. The zero-order valence-corrected chi connectivity index (χ0v) is 82.9. The minimum absolute atomic E-state index is 0.0963. The number of aliphatic hydroxyl groups excluding tert-OH is 2. The van der Waals surface area contributed by atoms with Crippen molar-refractivity contribution in [1.82, 2.24) is 41.3 Å². The number of hydrogen-bond acceptors (Lipinski definition) is 25. The molecule has 1 aliphatic heterocycles. The van der Waals surface area contributed by atoms with E-state index in [-0.39, 0.29) is 24.0 Å². The molecule has 1 atom stereocenters. The van der Waals surface area contributed by atoms with Crippen LogP contribution in [0.3, 0.4) is 0 Å². The summed E-state index contributed by atoms with van der Waals surface area (Å²) in [5.41, 5.74) is 91.3. The first-order valence-corrected chi connectivity index (χ1v) is 49.0. The van der Waals surface area contributed by atoms with E-state index in [0.29, 0.717) is 49.6 Å². The smallest absolute Gasteiger partial charge is 0.0555 e. The van der Waals surface area contributed by atoms with Gasteiger partial charge >= 0.3 is 0 Å². The molecule has 0 amide bonds. The van der Waals surface area contributed by atoms with E-state index in [1.807, 2.05) is 48.5 Å². The van der Waals surface area contributed by atoms with Gasteiger partial charge in [-0.1, -0.05) is 227 Å². The molecule has 734 valence electrons. The maximum absolute atomic E-state index is 8.35. The van der Waals surface area contributed by atoms with Crippen LogP contribution < -0.4 is 113 Å². The van der Waals surface area contributed by atoms with Crippen LogP contribution in [-0.2, 0) is 23.9 Å². The van der Waals surface area contributed by atoms with E-state index in [4.69, 9.17) is 96.2 Å². The van der Waals surface area contributed by atoms with Crippen LogP contribution in [0.2, 0.25) is 0 Å². The van der Waals surface area contributed by atoms with Crippen LogP contribution in [0, 0.1) is 23.2 Å². The Balaban J connectivity index is -0.000000669. The largest absolute Gasteiger partial charge is 0.399 e. The fraction of sp³-hybridized carbons (Fsp3) is 0.760. The first-order chi connectivity index (χ1) is 60.0. The predicted molar refractivity (Wildman–Crippen MR) is 550 cm³/mol. The van der Waals surface area contributed by atoms with Gasteiger partial charge in [-0.05, 0) is 269 Å². The number of hydrogen-bond donors (Lipinski definition) is 22. The zero-order valence-electron chi connectivity index (χ0n) is 82.9. The molecule has 0 aromatic heterocycles. The Labute approximate surface area is 768 Å². The Morgan fingerprint density at radius 1 is 0.384 bits per heavy atom. The third kappa shape index (κ3) is 78.0. The number of piperazine rings is 1. The third-order valence-electron chi connectivity index (χ3n) is 22.3. The Bertz CT molecular complexity index is 2670. The lowest BCUT2D eigenvalue weighted by molar-refractivity contribution is 0.131. The molecule has 1 aliphatic carbocycles. The van der Waals surface area contributed by atoms with E-state index in [1.165, 1.54) is 171 Å². The molecule has 4 aromatic rings. The molecular weight excluding hydrogens is 1560 g/mol. The molecule has 25 nitrogen and oxygen atoms in total. The molecule has 2 fully saturated rings. The van der Waals surface area contributed by atoms with Crippen molar-refractivity contribution >= 4 is 11.4 Å². The van der Waals surface area contributed by atoms with E-state index in [2.05, 4.69) is 180 Å². The van der Waals surface area contributed by atoms with Gasteiger partial charge in [0.15, 0.2) is 0 Å². The van der Waals surface area contributed by atoms with E-state index < -0.39 is 0 Å². The number of nitrogen functional groups attached to an aromatic ring is 2. The molecule has 1 saturated heterocycles. The highest BCUT2D eigenvalue weighted by Gasteiger charge is 2.28. The maximum Gasteiger partial charge on any atom is 0.0555 e. The summed E-state index contributed by atoms with van der Waals surface area (Å²) in [6.45, 7) is 58.0. The topological polar surface area (TPSA) is 501 Å². The summed E-state index contributed by atoms with van der Waals surface area (Å²) < 4.78 is 0. The minimum Gasteiger partial charge on any atom is -0.399 e. The monoisotopic (exact) mass is 1760 g/mol. The van der Waals surface area contributed by atoms with E-state index in [9.17, 15) is 0 Å². The average molecular weight is 1760 g/mol. The van der Waals surface area contributed by atoms with Gasteiger partial charge in [-0.15, -0.1) is 0 Å². The quantitative estimate of drug-likeness (QED) is 0.0144. The third-order valence-corrected chi connectivity index (χ3v) is 22.3. The molecule has 125 heavy (non-hydrogen) atoms. The lowest BCUT2D eigenvalue weighted by Crippen LogP contribution is -2.47. The molecule has 37 N–H and O–H groups in total. The van der Waals surface area contributed by atoms with Crippen molar-refractivity contribution in [2.45, 2.75) is 274 Å². The molecule has 0 radical (unpaired) electrons. The van der Waals surface area contributed by atoms with Gasteiger partial charge in [0, 0.05) is 126 Å². The molecule has 4 aromatic carbocycles. The van der Waals surface area contributed by atoms with Crippen molar-refractivity contribution in [3.8, 4) is 0 Å². The summed E-state index contributed by atoms with van der Waals surface area (Å²) >= 11 is 0. The highest BCUT2D eigenvalue weighted by molar-refractivity contribution is 5.49.